The molecule has 0 nitrogen and oxygen atoms in total. The maximum atomic E-state index is 3.74. The van der Waals surface area contributed by atoms with Gasteiger partial charge in [-0.2, -0.15) is 0 Å². The summed E-state index contributed by atoms with van der Waals surface area (Å²) in [7, 11) is 0. The molecule has 0 unspecified atom stereocenters. The monoisotopic (exact) mass is 96.1 g/mol. The highest BCUT2D eigenvalue weighted by Crippen LogP contribution is 1.94. The Morgan fingerprint density at radius 1 is 1.71 bits per heavy atom. The summed E-state index contributed by atoms with van der Waals surface area (Å²) in [5.41, 5.74) is 1.22. The van der Waals surface area contributed by atoms with Crippen molar-refractivity contribution >= 4 is 0 Å². The first kappa shape index (κ1) is 6.48. The van der Waals surface area contributed by atoms with Crippen LogP contribution in [0.4, 0.5) is 0 Å². The highest BCUT2D eigenvalue weighted by molar-refractivity contribution is 4.97. The molecule has 0 heterocycles. The molecule has 0 amide bonds. The van der Waals surface area contributed by atoms with Crippen molar-refractivity contribution in [2.45, 2.75) is 20.3 Å². The highest BCUT2D eigenvalue weighted by Gasteiger charge is 1.73. The van der Waals surface area contributed by atoms with Crippen LogP contribution in [0.5, 0.6) is 0 Å². The lowest BCUT2D eigenvalue weighted by Gasteiger charge is -1.84. The van der Waals surface area contributed by atoms with Crippen molar-refractivity contribution in [3.05, 3.63) is 24.3 Å². The predicted octanol–water partition coefficient (Wildman–Crippen LogP) is 2.53. The fourth-order valence-electron chi connectivity index (χ4n) is 0.319. The van der Waals surface area contributed by atoms with Gasteiger partial charge in [-0.15, -0.1) is 0 Å². The van der Waals surface area contributed by atoms with Gasteiger partial charge < -0.3 is 0 Å². The minimum absolute atomic E-state index is 1.02. The van der Waals surface area contributed by atoms with Crippen LogP contribution in [0.2, 0.25) is 0 Å². The quantitative estimate of drug-likeness (QED) is 0.463. The normalized spacial score (nSPS) is 10.0. The molecule has 0 aliphatic carbocycles. The van der Waals surface area contributed by atoms with E-state index in [0.717, 1.165) is 6.42 Å². The topological polar surface area (TPSA) is 0 Å². The second kappa shape index (κ2) is 3.66. The van der Waals surface area contributed by atoms with E-state index in [9.17, 15) is 0 Å². The third-order valence-electron chi connectivity index (χ3n) is 0.702. The largest absolute Gasteiger partial charge is 0.0998 e. The Kier molecular flexibility index (Phi) is 3.39. The van der Waals surface area contributed by atoms with Gasteiger partial charge in [-0.1, -0.05) is 24.3 Å². The van der Waals surface area contributed by atoms with Gasteiger partial charge >= 0.3 is 0 Å². The standard InChI is InChI=1S/C7H12/c1-4-5-6-7(2)3/h4-5H,2,6H2,1,3H3/b5-4+. The molecule has 0 aromatic rings. The van der Waals surface area contributed by atoms with E-state index in [0.29, 0.717) is 0 Å². The van der Waals surface area contributed by atoms with Crippen LogP contribution in [0.15, 0.2) is 24.3 Å². The van der Waals surface area contributed by atoms with E-state index in [-0.39, 0.29) is 0 Å². The second-order valence-electron chi connectivity index (χ2n) is 1.73. The van der Waals surface area contributed by atoms with E-state index in [1.165, 1.54) is 5.57 Å². The van der Waals surface area contributed by atoms with Crippen LogP contribution < -0.4 is 0 Å². The SMILES string of the molecule is C=C(C)C/C=C/C. The third-order valence-corrected chi connectivity index (χ3v) is 0.702. The summed E-state index contributed by atoms with van der Waals surface area (Å²) in [6.45, 7) is 7.79. The molecule has 0 aliphatic heterocycles. The van der Waals surface area contributed by atoms with Crippen LogP contribution in [0.3, 0.4) is 0 Å². The van der Waals surface area contributed by atoms with E-state index in [4.69, 9.17) is 0 Å². The average Bonchev–Trinajstić information content (AvgIpc) is 1.61. The summed E-state index contributed by atoms with van der Waals surface area (Å²) in [6, 6.07) is 0. The fourth-order valence-corrected chi connectivity index (χ4v) is 0.319. The van der Waals surface area contributed by atoms with Crippen LogP contribution in [-0.2, 0) is 0 Å². The van der Waals surface area contributed by atoms with Gasteiger partial charge in [0.15, 0.2) is 0 Å². The van der Waals surface area contributed by atoms with Crippen molar-refractivity contribution in [2.75, 3.05) is 0 Å². The molecule has 0 saturated carbocycles. The Morgan fingerprint density at radius 2 is 2.29 bits per heavy atom. The number of hydrogen-bond acceptors (Lipinski definition) is 0. The summed E-state index contributed by atoms with van der Waals surface area (Å²) in [5.74, 6) is 0. The van der Waals surface area contributed by atoms with Gasteiger partial charge in [0.25, 0.3) is 0 Å². The zero-order chi connectivity index (χ0) is 5.70. The molecule has 0 fully saturated rings. The molecule has 0 bridgehead atoms. The summed E-state index contributed by atoms with van der Waals surface area (Å²) in [6.07, 6.45) is 5.16. The minimum atomic E-state index is 1.02. The zero-order valence-electron chi connectivity index (χ0n) is 5.07. The van der Waals surface area contributed by atoms with Crippen LogP contribution in [0.25, 0.3) is 0 Å². The highest BCUT2D eigenvalue weighted by atomic mass is 13.8. The third kappa shape index (κ3) is 5.48. The van der Waals surface area contributed by atoms with Gasteiger partial charge in [-0.05, 0) is 20.3 Å². The fraction of sp³-hybridized carbons (Fsp3) is 0.429. The Labute approximate surface area is 45.5 Å². The molecule has 40 valence electrons. The van der Waals surface area contributed by atoms with E-state index < -0.39 is 0 Å². The van der Waals surface area contributed by atoms with Crippen molar-refractivity contribution in [2.24, 2.45) is 0 Å². The van der Waals surface area contributed by atoms with Gasteiger partial charge in [-0.25, -0.2) is 0 Å². The Balaban J connectivity index is 3.14. The average molecular weight is 96.2 g/mol. The van der Waals surface area contributed by atoms with Crippen molar-refractivity contribution in [3.8, 4) is 0 Å². The van der Waals surface area contributed by atoms with Crippen LogP contribution in [-0.4, -0.2) is 0 Å². The van der Waals surface area contributed by atoms with Crippen LogP contribution in [0, 0.1) is 0 Å². The van der Waals surface area contributed by atoms with Gasteiger partial charge in [0.2, 0.25) is 0 Å². The lowest BCUT2D eigenvalue weighted by Crippen LogP contribution is -1.63. The molecule has 0 spiro atoms. The molecule has 0 aromatic carbocycles. The first-order chi connectivity index (χ1) is 3.27. The van der Waals surface area contributed by atoms with Crippen molar-refractivity contribution < 1.29 is 0 Å². The molecule has 0 heteroatoms. The summed E-state index contributed by atoms with van der Waals surface area (Å²) < 4.78 is 0. The molecule has 0 saturated heterocycles. The molecule has 0 atom stereocenters. The first-order valence-electron chi connectivity index (χ1n) is 2.53. The molecule has 0 aromatic heterocycles. The van der Waals surface area contributed by atoms with Crippen molar-refractivity contribution in [3.63, 3.8) is 0 Å². The van der Waals surface area contributed by atoms with Crippen molar-refractivity contribution in [1.29, 1.82) is 0 Å². The van der Waals surface area contributed by atoms with Gasteiger partial charge in [0.05, 0.1) is 0 Å². The Bertz CT molecular complexity index is 78.0. The Morgan fingerprint density at radius 3 is 2.43 bits per heavy atom. The molecule has 0 rings (SSSR count). The van der Waals surface area contributed by atoms with E-state index in [1.807, 2.05) is 19.9 Å². The molecule has 0 aliphatic rings. The number of hydrogen-bond donors (Lipinski definition) is 0. The van der Waals surface area contributed by atoms with Gasteiger partial charge in [0.1, 0.15) is 0 Å². The predicted molar refractivity (Wildman–Crippen MR) is 34.2 cm³/mol. The maximum Gasteiger partial charge on any atom is -0.0144 e. The van der Waals surface area contributed by atoms with E-state index >= 15 is 0 Å². The molecule has 0 N–H and O–H groups in total. The minimum Gasteiger partial charge on any atom is -0.0998 e. The molecule has 7 heavy (non-hydrogen) atoms. The number of allylic oxidation sites excluding steroid dienone is 3. The van der Waals surface area contributed by atoms with Gasteiger partial charge in [-0.3, -0.25) is 0 Å². The Hall–Kier alpha value is -0.520. The van der Waals surface area contributed by atoms with Crippen LogP contribution in [0.1, 0.15) is 20.3 Å². The molecular weight excluding hydrogens is 84.1 g/mol. The van der Waals surface area contributed by atoms with Gasteiger partial charge in [0, 0.05) is 0 Å². The summed E-state index contributed by atoms with van der Waals surface area (Å²) >= 11 is 0. The lowest BCUT2D eigenvalue weighted by molar-refractivity contribution is 1.22. The molecule has 0 radical (unpaired) electrons. The van der Waals surface area contributed by atoms with Crippen molar-refractivity contribution in [1.82, 2.24) is 0 Å². The van der Waals surface area contributed by atoms with E-state index in [2.05, 4.69) is 12.7 Å². The second-order valence-corrected chi connectivity index (χ2v) is 1.73. The first-order valence-corrected chi connectivity index (χ1v) is 2.53. The lowest BCUT2D eigenvalue weighted by atomic mass is 10.2. The zero-order valence-corrected chi connectivity index (χ0v) is 5.07. The molecular formula is C7H12. The maximum absolute atomic E-state index is 3.74. The van der Waals surface area contributed by atoms with Crippen LogP contribution >= 0.6 is 0 Å². The van der Waals surface area contributed by atoms with E-state index in [1.54, 1.807) is 0 Å². The summed E-state index contributed by atoms with van der Waals surface area (Å²) in [5, 5.41) is 0. The smallest absolute Gasteiger partial charge is 0.0144 e. The summed E-state index contributed by atoms with van der Waals surface area (Å²) in [4.78, 5) is 0. The number of rotatable bonds is 2.